The van der Waals surface area contributed by atoms with Gasteiger partial charge < -0.3 is 9.80 Å². The Morgan fingerprint density at radius 2 is 2.00 bits per heavy atom. The molecule has 1 aromatic carbocycles. The zero-order valence-corrected chi connectivity index (χ0v) is 18.2. The molecule has 1 fully saturated rings. The molecule has 0 spiro atoms. The van der Waals surface area contributed by atoms with Crippen molar-refractivity contribution in [1.82, 2.24) is 19.9 Å². The second-order valence-electron chi connectivity index (χ2n) is 7.83. The van der Waals surface area contributed by atoms with E-state index < -0.39 is 11.8 Å². The average molecular weight is 466 g/mol. The van der Waals surface area contributed by atoms with Crippen LogP contribution in [-0.4, -0.2) is 50.7 Å². The van der Waals surface area contributed by atoms with E-state index in [0.29, 0.717) is 30.3 Å². The van der Waals surface area contributed by atoms with Crippen LogP contribution in [0.5, 0.6) is 0 Å². The molecule has 11 heteroatoms. The Morgan fingerprint density at radius 3 is 2.76 bits per heavy atom. The number of nitrogens with zero attached hydrogens (tertiary/aromatic N) is 5. The average Bonchev–Trinajstić information content (AvgIpc) is 3.42. The number of hydrogen-bond acceptors (Lipinski definition) is 7. The van der Waals surface area contributed by atoms with E-state index in [0.717, 1.165) is 10.6 Å². The molecular weight excluding hydrogens is 447 g/mol. The predicted octanol–water partition coefficient (Wildman–Crippen LogP) is 2.26. The third-order valence-corrected chi connectivity index (χ3v) is 6.67. The highest BCUT2D eigenvalue weighted by atomic mass is 32.1. The van der Waals surface area contributed by atoms with E-state index >= 15 is 0 Å². The predicted molar refractivity (Wildman–Crippen MR) is 118 cm³/mol. The quantitative estimate of drug-likeness (QED) is 0.632. The first-order valence-electron chi connectivity index (χ1n) is 10.4. The summed E-state index contributed by atoms with van der Waals surface area (Å²) in [5.41, 5.74) is 1.64. The van der Waals surface area contributed by atoms with E-state index in [9.17, 15) is 18.8 Å². The van der Waals surface area contributed by atoms with Crippen molar-refractivity contribution in [2.24, 2.45) is 5.92 Å². The molecule has 2 aliphatic heterocycles. The van der Waals surface area contributed by atoms with Crippen molar-refractivity contribution in [3.8, 4) is 0 Å². The molecule has 2 aliphatic rings. The molecule has 3 aromatic rings. The molecule has 0 saturated carbocycles. The second kappa shape index (κ2) is 8.66. The van der Waals surface area contributed by atoms with Crippen LogP contribution in [0.4, 0.5) is 15.2 Å². The normalized spacial score (nSPS) is 17.7. The van der Waals surface area contributed by atoms with Gasteiger partial charge in [0.1, 0.15) is 11.5 Å². The number of amides is 3. The van der Waals surface area contributed by atoms with E-state index in [1.807, 2.05) is 0 Å². The molecule has 0 bridgehead atoms. The summed E-state index contributed by atoms with van der Waals surface area (Å²) in [6, 6.07) is 5.69. The van der Waals surface area contributed by atoms with E-state index in [4.69, 9.17) is 0 Å². The minimum atomic E-state index is -0.451. The molecular formula is C22H19FN6O3S. The van der Waals surface area contributed by atoms with Gasteiger partial charge in [0.25, 0.3) is 5.91 Å². The molecule has 0 aliphatic carbocycles. The lowest BCUT2D eigenvalue weighted by molar-refractivity contribution is -0.136. The van der Waals surface area contributed by atoms with Gasteiger partial charge in [-0.3, -0.25) is 24.7 Å². The molecule has 5 rings (SSSR count). The third kappa shape index (κ3) is 4.31. The lowest BCUT2D eigenvalue weighted by atomic mass is 10.1. The number of aromatic nitrogens is 3. The maximum absolute atomic E-state index is 13.2. The Labute approximate surface area is 192 Å². The third-order valence-electron chi connectivity index (χ3n) is 5.67. The topological polar surface area (TPSA) is 108 Å². The molecule has 1 N–H and O–H groups in total. The fourth-order valence-corrected chi connectivity index (χ4v) is 5.04. The van der Waals surface area contributed by atoms with Crippen molar-refractivity contribution in [1.29, 1.82) is 0 Å². The van der Waals surface area contributed by atoms with E-state index in [1.165, 1.54) is 47.0 Å². The number of carbonyl (C=O) groups is 3. The van der Waals surface area contributed by atoms with Crippen LogP contribution in [0.3, 0.4) is 0 Å². The van der Waals surface area contributed by atoms with Gasteiger partial charge in [0.05, 0.1) is 24.4 Å². The molecule has 33 heavy (non-hydrogen) atoms. The number of thiazole rings is 1. The molecule has 4 heterocycles. The molecule has 168 valence electrons. The standard InChI is InChI=1S/C22H19FN6O3S/c23-14-1-3-15(4-2-14)29-11-13(9-19(29)30)21(32)28-8-5-16-18(12-28)33-22(26-16)27-20(31)17-10-24-6-7-25-17/h1-4,6-7,10,13H,5,8-9,11-12H2,(H,26,27,31). The molecule has 1 unspecified atom stereocenters. The van der Waals surface area contributed by atoms with Gasteiger partial charge in [-0.2, -0.15) is 0 Å². The van der Waals surface area contributed by atoms with E-state index in [1.54, 1.807) is 17.0 Å². The van der Waals surface area contributed by atoms with Crippen LogP contribution < -0.4 is 10.2 Å². The zero-order chi connectivity index (χ0) is 22.9. The largest absolute Gasteiger partial charge is 0.337 e. The summed E-state index contributed by atoms with van der Waals surface area (Å²) in [5.74, 6) is -1.46. The van der Waals surface area contributed by atoms with Crippen molar-refractivity contribution >= 4 is 39.9 Å². The SMILES string of the molecule is O=C(Nc1nc2c(s1)CN(C(=O)C1CC(=O)N(c3ccc(F)cc3)C1)CC2)c1cnccn1. The summed E-state index contributed by atoms with van der Waals surface area (Å²) in [5, 5.41) is 3.18. The number of anilines is 2. The molecule has 1 saturated heterocycles. The van der Waals surface area contributed by atoms with Gasteiger partial charge in [0.15, 0.2) is 5.13 Å². The number of hydrogen-bond donors (Lipinski definition) is 1. The van der Waals surface area contributed by atoms with Crippen LogP contribution in [0.15, 0.2) is 42.9 Å². The van der Waals surface area contributed by atoms with Gasteiger partial charge in [-0.15, -0.1) is 0 Å². The Bertz CT molecular complexity index is 1220. The minimum Gasteiger partial charge on any atom is -0.337 e. The van der Waals surface area contributed by atoms with Gasteiger partial charge >= 0.3 is 0 Å². The number of fused-ring (bicyclic) bond motifs is 1. The molecule has 2 aromatic heterocycles. The van der Waals surface area contributed by atoms with Gasteiger partial charge in [-0.25, -0.2) is 14.4 Å². The molecule has 0 radical (unpaired) electrons. The fourth-order valence-electron chi connectivity index (χ4n) is 4.02. The summed E-state index contributed by atoms with van der Waals surface area (Å²) < 4.78 is 13.2. The highest BCUT2D eigenvalue weighted by Crippen LogP contribution is 2.31. The fraction of sp³-hybridized carbons (Fsp3) is 0.273. The number of benzene rings is 1. The van der Waals surface area contributed by atoms with Crippen molar-refractivity contribution in [3.05, 3.63) is 64.9 Å². The highest BCUT2D eigenvalue weighted by molar-refractivity contribution is 7.15. The summed E-state index contributed by atoms with van der Waals surface area (Å²) >= 11 is 1.32. The van der Waals surface area contributed by atoms with Gasteiger partial charge in [0.2, 0.25) is 11.8 Å². The van der Waals surface area contributed by atoms with E-state index in [-0.39, 0.29) is 36.3 Å². The maximum Gasteiger partial charge on any atom is 0.277 e. The van der Waals surface area contributed by atoms with Crippen molar-refractivity contribution in [3.63, 3.8) is 0 Å². The lowest BCUT2D eigenvalue weighted by Gasteiger charge is -2.28. The Hall–Kier alpha value is -3.73. The van der Waals surface area contributed by atoms with Crippen molar-refractivity contribution in [2.45, 2.75) is 19.4 Å². The van der Waals surface area contributed by atoms with Crippen molar-refractivity contribution in [2.75, 3.05) is 23.3 Å². The molecule has 3 amide bonds. The zero-order valence-electron chi connectivity index (χ0n) is 17.4. The van der Waals surface area contributed by atoms with Crippen LogP contribution in [0, 0.1) is 11.7 Å². The first-order chi connectivity index (χ1) is 16.0. The van der Waals surface area contributed by atoms with Gasteiger partial charge in [0, 0.05) is 48.9 Å². The summed E-state index contributed by atoms with van der Waals surface area (Å²) in [7, 11) is 0. The van der Waals surface area contributed by atoms with Crippen LogP contribution in [0.1, 0.15) is 27.5 Å². The first-order valence-corrected chi connectivity index (χ1v) is 11.2. The summed E-state index contributed by atoms with van der Waals surface area (Å²) in [6.07, 6.45) is 5.00. The highest BCUT2D eigenvalue weighted by Gasteiger charge is 2.38. The van der Waals surface area contributed by atoms with Gasteiger partial charge in [-0.05, 0) is 24.3 Å². The van der Waals surface area contributed by atoms with Gasteiger partial charge in [-0.1, -0.05) is 11.3 Å². The summed E-state index contributed by atoms with van der Waals surface area (Å²) in [6.45, 7) is 1.15. The van der Waals surface area contributed by atoms with Crippen LogP contribution in [-0.2, 0) is 22.6 Å². The smallest absolute Gasteiger partial charge is 0.277 e. The maximum atomic E-state index is 13.2. The first kappa shape index (κ1) is 21.1. The number of carbonyl (C=O) groups excluding carboxylic acids is 3. The molecule has 9 nitrogen and oxygen atoms in total. The lowest BCUT2D eigenvalue weighted by Crippen LogP contribution is -2.40. The number of rotatable bonds is 4. The summed E-state index contributed by atoms with van der Waals surface area (Å²) in [4.78, 5) is 54.4. The number of halogens is 1. The monoisotopic (exact) mass is 466 g/mol. The van der Waals surface area contributed by atoms with Crippen LogP contribution in [0.25, 0.3) is 0 Å². The van der Waals surface area contributed by atoms with Crippen LogP contribution >= 0.6 is 11.3 Å². The Balaban J connectivity index is 1.24. The van der Waals surface area contributed by atoms with E-state index in [2.05, 4.69) is 20.3 Å². The van der Waals surface area contributed by atoms with Crippen LogP contribution in [0.2, 0.25) is 0 Å². The second-order valence-corrected chi connectivity index (χ2v) is 8.91. The molecule has 1 atom stereocenters. The Kier molecular flexibility index (Phi) is 5.55. The minimum absolute atomic E-state index is 0.0860. The Morgan fingerprint density at radius 1 is 1.18 bits per heavy atom. The van der Waals surface area contributed by atoms with Crippen molar-refractivity contribution < 1.29 is 18.8 Å². The number of nitrogens with one attached hydrogen (secondary N) is 1.